The number of carbonyl (C=O) groups is 11. The summed E-state index contributed by atoms with van der Waals surface area (Å²) in [5.74, 6) is -8.18. The molecular weight excluding hydrogens is 1080 g/mol. The Labute approximate surface area is 499 Å². The second-order valence-electron chi connectivity index (χ2n) is 26.2. The SMILES string of the molecule is CCCCCCCCNC(C)(C)C(=O)NCC(=O)N[C@@H](CC(C)C)C(=O)NC1(C(=O)NCC(=O)NCC(=O)N[C@@H](CC(C)C)C(=O)NC(C)(C)C(=O)NCC(=O)N[C@H](C(=O)N[C@@H](CC(C)C)C(=O)OC)[C@@H](C)CC)CC(C)(C)N([O])C(C)(C)C1. The maximum atomic E-state index is 14.5. The van der Waals surface area contributed by atoms with Gasteiger partial charge in [-0.3, -0.25) is 47.9 Å². The Morgan fingerprint density at radius 2 is 0.964 bits per heavy atom. The van der Waals surface area contributed by atoms with Gasteiger partial charge in [-0.1, -0.05) is 101 Å². The molecule has 1 aliphatic rings. The van der Waals surface area contributed by atoms with Crippen LogP contribution in [-0.4, -0.2) is 162 Å². The number of nitrogens with zero attached hydrogens (tertiary/aromatic N) is 1. The molecule has 1 rings (SSSR count). The average Bonchev–Trinajstić information content (AvgIpc) is 3.43. The van der Waals surface area contributed by atoms with E-state index >= 15 is 0 Å². The van der Waals surface area contributed by atoms with Gasteiger partial charge >= 0.3 is 5.97 Å². The molecule has 0 bridgehead atoms. The summed E-state index contributed by atoms with van der Waals surface area (Å²) in [6.45, 7) is 27.9. The highest BCUT2D eigenvalue weighted by atomic mass is 16.5. The normalized spacial score (nSPS) is 16.6. The van der Waals surface area contributed by atoms with Crippen LogP contribution >= 0.6 is 0 Å². The monoisotopic (exact) mass is 1190 g/mol. The highest BCUT2D eigenvalue weighted by molar-refractivity contribution is 5.99. The molecule has 11 N–H and O–H groups in total. The first-order chi connectivity index (χ1) is 38.8. The van der Waals surface area contributed by atoms with Gasteiger partial charge < -0.3 is 63.2 Å². The second kappa shape index (κ2) is 34.9. The number of hydrogen-bond acceptors (Lipinski definition) is 14. The Bertz CT molecular complexity index is 2220. The summed E-state index contributed by atoms with van der Waals surface area (Å²) in [5, 5.41) is 43.9. The summed E-state index contributed by atoms with van der Waals surface area (Å²) in [7, 11) is 1.21. The van der Waals surface area contributed by atoms with Crippen molar-refractivity contribution >= 4 is 65.0 Å². The number of hydroxylamine groups is 2. The van der Waals surface area contributed by atoms with E-state index in [4.69, 9.17) is 4.74 Å². The third-order valence-corrected chi connectivity index (χ3v) is 14.7. The predicted molar refractivity (Wildman–Crippen MR) is 318 cm³/mol. The molecule has 10 amide bonds. The van der Waals surface area contributed by atoms with E-state index in [2.05, 4.69) is 65.4 Å². The first-order valence-corrected chi connectivity index (χ1v) is 30.0. The van der Waals surface area contributed by atoms with Gasteiger partial charge in [0, 0.05) is 11.1 Å². The van der Waals surface area contributed by atoms with Crippen LogP contribution in [0, 0.1) is 23.7 Å². The van der Waals surface area contributed by atoms with Crippen molar-refractivity contribution in [1.82, 2.24) is 63.5 Å². The predicted octanol–water partition coefficient (Wildman–Crippen LogP) is 2.22. The van der Waals surface area contributed by atoms with Crippen LogP contribution in [0.5, 0.6) is 0 Å². The quantitative estimate of drug-likeness (QED) is 0.0314. The first-order valence-electron chi connectivity index (χ1n) is 30.0. The molecule has 0 aromatic heterocycles. The van der Waals surface area contributed by atoms with Crippen LogP contribution in [0.15, 0.2) is 0 Å². The number of ether oxygens (including phenoxy) is 1. The molecule has 25 heteroatoms. The minimum Gasteiger partial charge on any atom is -0.467 e. The number of piperidine rings is 1. The van der Waals surface area contributed by atoms with Gasteiger partial charge in [-0.15, -0.1) is 10.3 Å². The molecule has 1 saturated heterocycles. The van der Waals surface area contributed by atoms with Crippen molar-refractivity contribution in [2.75, 3.05) is 39.8 Å². The zero-order chi connectivity index (χ0) is 64.6. The highest BCUT2D eigenvalue weighted by Gasteiger charge is 2.57. The van der Waals surface area contributed by atoms with E-state index in [-0.39, 0.29) is 49.4 Å². The van der Waals surface area contributed by atoms with E-state index in [0.29, 0.717) is 19.4 Å². The Balaban J connectivity index is 3.10. The van der Waals surface area contributed by atoms with Crippen molar-refractivity contribution in [3.8, 4) is 0 Å². The van der Waals surface area contributed by atoms with Crippen LogP contribution in [-0.2, 0) is 62.7 Å². The number of hydrogen-bond donors (Lipinski definition) is 11. The van der Waals surface area contributed by atoms with Crippen LogP contribution in [0.25, 0.3) is 0 Å². The smallest absolute Gasteiger partial charge is 0.328 e. The van der Waals surface area contributed by atoms with Gasteiger partial charge in [0.15, 0.2) is 0 Å². The van der Waals surface area contributed by atoms with Crippen molar-refractivity contribution < 1.29 is 62.7 Å². The topological polar surface area (TPSA) is 352 Å². The summed E-state index contributed by atoms with van der Waals surface area (Å²) in [4.78, 5) is 148. The van der Waals surface area contributed by atoms with Crippen molar-refractivity contribution in [3.63, 3.8) is 0 Å². The van der Waals surface area contributed by atoms with Crippen LogP contribution in [0.1, 0.15) is 195 Å². The molecule has 0 spiro atoms. The number of amides is 10. The van der Waals surface area contributed by atoms with E-state index in [1.54, 1.807) is 62.3 Å². The molecule has 481 valence electrons. The van der Waals surface area contributed by atoms with Gasteiger partial charge in [0.25, 0.3) is 0 Å². The average molecular weight is 1190 g/mol. The first kappa shape index (κ1) is 76.1. The number of carbonyl (C=O) groups excluding carboxylic acids is 11. The molecule has 84 heavy (non-hydrogen) atoms. The Kier molecular flexibility index (Phi) is 31.6. The fraction of sp³-hybridized carbons (Fsp3) is 0.814. The molecule has 1 aliphatic heterocycles. The molecule has 5 atom stereocenters. The molecule has 0 unspecified atom stereocenters. The largest absolute Gasteiger partial charge is 0.467 e. The summed E-state index contributed by atoms with van der Waals surface area (Å²) in [6.07, 6.45) is 7.24. The molecule has 0 aromatic carbocycles. The summed E-state index contributed by atoms with van der Waals surface area (Å²) in [6, 6.07) is -4.35. The molecule has 0 aliphatic carbocycles. The van der Waals surface area contributed by atoms with Crippen LogP contribution in [0.2, 0.25) is 0 Å². The van der Waals surface area contributed by atoms with Crippen molar-refractivity contribution in [2.24, 2.45) is 23.7 Å². The van der Waals surface area contributed by atoms with Gasteiger partial charge in [0.05, 0.1) is 38.8 Å². The number of rotatable bonds is 37. The van der Waals surface area contributed by atoms with Gasteiger partial charge in [-0.05, 0) is 124 Å². The van der Waals surface area contributed by atoms with Crippen LogP contribution in [0.3, 0.4) is 0 Å². The third kappa shape index (κ3) is 26.1. The zero-order valence-corrected chi connectivity index (χ0v) is 53.9. The van der Waals surface area contributed by atoms with Gasteiger partial charge in [-0.25, -0.2) is 4.79 Å². The third-order valence-electron chi connectivity index (χ3n) is 14.7. The van der Waals surface area contributed by atoms with Crippen molar-refractivity contribution in [3.05, 3.63) is 0 Å². The fourth-order valence-corrected chi connectivity index (χ4v) is 10.2. The van der Waals surface area contributed by atoms with Crippen molar-refractivity contribution in [1.29, 1.82) is 0 Å². The Morgan fingerprint density at radius 1 is 0.524 bits per heavy atom. The van der Waals surface area contributed by atoms with E-state index in [9.17, 15) is 57.9 Å². The van der Waals surface area contributed by atoms with Crippen molar-refractivity contribution in [2.45, 2.75) is 247 Å². The summed E-state index contributed by atoms with van der Waals surface area (Å²) in [5.41, 5.74) is -6.82. The summed E-state index contributed by atoms with van der Waals surface area (Å²) < 4.78 is 4.86. The molecule has 1 heterocycles. The lowest BCUT2D eigenvalue weighted by molar-refractivity contribution is -0.295. The fourth-order valence-electron chi connectivity index (χ4n) is 10.2. The lowest BCUT2D eigenvalue weighted by Gasteiger charge is -2.54. The maximum Gasteiger partial charge on any atom is 0.328 e. The Hall–Kier alpha value is -5.95. The van der Waals surface area contributed by atoms with E-state index < -0.39 is 143 Å². The summed E-state index contributed by atoms with van der Waals surface area (Å²) >= 11 is 0. The number of methoxy groups -OCH3 is 1. The van der Waals surface area contributed by atoms with E-state index in [0.717, 1.165) is 30.7 Å². The molecular formula is C59H107N12O13. The Morgan fingerprint density at radius 3 is 1.45 bits per heavy atom. The minimum atomic E-state index is -1.78. The zero-order valence-electron chi connectivity index (χ0n) is 53.9. The molecule has 1 fully saturated rings. The lowest BCUT2D eigenvalue weighted by atomic mass is 9.69. The van der Waals surface area contributed by atoms with Crippen LogP contribution in [0.4, 0.5) is 0 Å². The highest BCUT2D eigenvalue weighted by Crippen LogP contribution is 2.43. The van der Waals surface area contributed by atoms with Gasteiger partial charge in [0.2, 0.25) is 59.1 Å². The second-order valence-corrected chi connectivity index (χ2v) is 26.2. The molecule has 0 aromatic rings. The van der Waals surface area contributed by atoms with Crippen LogP contribution < -0.4 is 58.5 Å². The molecule has 25 nitrogen and oxygen atoms in total. The standard InChI is InChI=1S/C59H107N12O13/c1-19-21-22-23-24-25-26-64-57(14,15)52(80)61-32-45(74)66-41(28-37(5)6)49(77)70-59(34-55(10,11)71(83)56(12,13)35-59)54(82)63-30-43(72)60-31-44(73)65-40(27-36(3)4)48(76)69-58(16,17)53(81)62-33-46(75)68-47(39(9)20-2)50(78)67-42(29-38(7)8)51(79)84-18/h36-42,47,64H,19-35H2,1-18H3,(H,60,72)(H,61,80)(H,62,81)(H,63,82)(H,65,73)(H,66,74)(H,67,78)(H,68,75)(H,69,76)(H,70,77)/t39-,40-,41-,42-,47-/m0/s1. The lowest BCUT2D eigenvalue weighted by Crippen LogP contribution is -2.73. The number of nitrogens with one attached hydrogen (secondary N) is 11. The molecule has 1 radical (unpaired) electrons. The van der Waals surface area contributed by atoms with E-state index in [1.165, 1.54) is 33.8 Å². The van der Waals surface area contributed by atoms with E-state index in [1.807, 2.05) is 34.6 Å². The van der Waals surface area contributed by atoms with Gasteiger partial charge in [0.1, 0.15) is 35.2 Å². The minimum absolute atomic E-state index is 0.0440. The molecule has 0 saturated carbocycles. The number of esters is 1. The maximum absolute atomic E-state index is 14.5. The number of unbranched alkanes of at least 4 members (excludes halogenated alkanes) is 5. The van der Waals surface area contributed by atoms with Gasteiger partial charge in [-0.2, -0.15) is 0 Å².